The first-order chi connectivity index (χ1) is 18.4. The molecule has 4 aliphatic rings. The largest absolute Gasteiger partial charge is 0.480 e. The second kappa shape index (κ2) is 11.9. The molecule has 0 radical (unpaired) electrons. The molecule has 9 nitrogen and oxygen atoms in total. The van der Waals surface area contributed by atoms with Crippen molar-refractivity contribution in [2.75, 3.05) is 6.54 Å². The number of aliphatic carboxylic acids is 1. The van der Waals surface area contributed by atoms with E-state index in [-0.39, 0.29) is 47.2 Å². The smallest absolute Gasteiger partial charge is 0.326 e. The molecule has 0 heterocycles. The molecule has 0 bridgehead atoms. The van der Waals surface area contributed by atoms with Crippen LogP contribution in [-0.2, 0) is 9.59 Å². The number of amides is 1. The Bertz CT molecular complexity index is 925. The van der Waals surface area contributed by atoms with Gasteiger partial charge in [0.05, 0.1) is 12.2 Å². The average Bonchev–Trinajstić information content (AvgIpc) is 3.22. The van der Waals surface area contributed by atoms with Crippen LogP contribution in [0.3, 0.4) is 0 Å². The highest BCUT2D eigenvalue weighted by Gasteiger charge is 2.62. The Morgan fingerprint density at radius 2 is 1.67 bits per heavy atom. The van der Waals surface area contributed by atoms with Crippen molar-refractivity contribution in [3.05, 3.63) is 0 Å². The standard InChI is InChI=1S/C30H52N4O5/c1-17(6-9-26(37)34-24(27(38)39)5-4-14-33-28(31)32)20-7-8-21-19-16-25(36)23-15-18(35)10-12-30(23,3)22(19)11-13-29(20,21)2/h17-25,35-36H,4-16H2,1-3H3,(H,34,37)(H,38,39)(H4,31,32,33). The number of guanidine groups is 1. The number of fused-ring (bicyclic) bond motifs is 5. The number of carbonyl (C=O) groups is 2. The van der Waals surface area contributed by atoms with Gasteiger partial charge in [0.25, 0.3) is 0 Å². The zero-order chi connectivity index (χ0) is 28.5. The molecule has 4 fully saturated rings. The number of nitrogens with one attached hydrogen (secondary N) is 1. The molecule has 0 aromatic rings. The minimum Gasteiger partial charge on any atom is -0.480 e. The number of carboxylic acid groups (broad SMARTS) is 1. The summed E-state index contributed by atoms with van der Waals surface area (Å²) in [6.45, 7) is 7.45. The Morgan fingerprint density at radius 1 is 0.974 bits per heavy atom. The molecule has 8 N–H and O–H groups in total. The molecule has 4 aliphatic carbocycles. The second-order valence-corrected chi connectivity index (χ2v) is 13.9. The van der Waals surface area contributed by atoms with E-state index >= 15 is 0 Å². The first kappa shape index (κ1) is 30.1. The van der Waals surface area contributed by atoms with Crippen molar-refractivity contribution < 1.29 is 24.9 Å². The molecular weight excluding hydrogens is 496 g/mol. The summed E-state index contributed by atoms with van der Waals surface area (Å²) in [7, 11) is 0. The van der Waals surface area contributed by atoms with Crippen LogP contribution in [0.5, 0.6) is 0 Å². The number of nitrogens with zero attached hydrogens (tertiary/aromatic N) is 1. The third kappa shape index (κ3) is 6.09. The number of hydrogen-bond acceptors (Lipinski definition) is 5. The van der Waals surface area contributed by atoms with Crippen LogP contribution in [0.1, 0.15) is 97.8 Å². The SMILES string of the molecule is CC(CCC(=O)NC(CCCN=C(N)N)C(=O)O)C1CCC2C3CC(O)C4CC(O)CCC4(C)C3CCC12C. The van der Waals surface area contributed by atoms with Crippen LogP contribution in [0.15, 0.2) is 4.99 Å². The van der Waals surface area contributed by atoms with E-state index in [0.29, 0.717) is 49.0 Å². The van der Waals surface area contributed by atoms with E-state index in [1.54, 1.807) is 0 Å². The van der Waals surface area contributed by atoms with E-state index in [0.717, 1.165) is 38.5 Å². The van der Waals surface area contributed by atoms with E-state index in [2.05, 4.69) is 31.1 Å². The molecule has 9 heteroatoms. The van der Waals surface area contributed by atoms with Gasteiger partial charge in [0.15, 0.2) is 5.96 Å². The van der Waals surface area contributed by atoms with Gasteiger partial charge in [-0.05, 0) is 117 Å². The van der Waals surface area contributed by atoms with E-state index in [9.17, 15) is 24.9 Å². The van der Waals surface area contributed by atoms with Gasteiger partial charge in [-0.15, -0.1) is 0 Å². The highest BCUT2D eigenvalue weighted by molar-refractivity contribution is 5.83. The minimum absolute atomic E-state index is 0.0249. The topological polar surface area (TPSA) is 171 Å². The summed E-state index contributed by atoms with van der Waals surface area (Å²) in [4.78, 5) is 28.2. The normalized spacial score (nSPS) is 40.9. The molecule has 0 spiro atoms. The van der Waals surface area contributed by atoms with Gasteiger partial charge in [-0.1, -0.05) is 20.8 Å². The molecule has 0 saturated heterocycles. The fourth-order valence-electron chi connectivity index (χ4n) is 9.84. The van der Waals surface area contributed by atoms with E-state index < -0.39 is 12.0 Å². The van der Waals surface area contributed by atoms with Crippen molar-refractivity contribution in [2.45, 2.75) is 116 Å². The molecule has 11 unspecified atom stereocenters. The molecular formula is C30H52N4O5. The predicted octanol–water partition coefficient (Wildman–Crippen LogP) is 3.02. The number of nitrogens with two attached hydrogens (primary N) is 2. The maximum absolute atomic E-state index is 12.7. The van der Waals surface area contributed by atoms with Gasteiger partial charge >= 0.3 is 5.97 Å². The average molecular weight is 549 g/mol. The zero-order valence-electron chi connectivity index (χ0n) is 24.1. The molecule has 4 saturated carbocycles. The van der Waals surface area contributed by atoms with Crippen LogP contribution < -0.4 is 16.8 Å². The molecule has 4 rings (SSSR count). The quantitative estimate of drug-likeness (QED) is 0.138. The molecule has 39 heavy (non-hydrogen) atoms. The first-order valence-corrected chi connectivity index (χ1v) is 15.3. The monoisotopic (exact) mass is 548 g/mol. The number of carboxylic acids is 1. The van der Waals surface area contributed by atoms with Gasteiger partial charge in [0.2, 0.25) is 5.91 Å². The lowest BCUT2D eigenvalue weighted by Crippen LogP contribution is -2.58. The summed E-state index contributed by atoms with van der Waals surface area (Å²) in [5, 5.41) is 33.8. The predicted molar refractivity (Wildman–Crippen MR) is 150 cm³/mol. The summed E-state index contributed by atoms with van der Waals surface area (Å²) in [5.74, 6) is 1.58. The lowest BCUT2D eigenvalue weighted by Gasteiger charge is -2.62. The molecule has 0 aliphatic heterocycles. The molecule has 1 amide bonds. The van der Waals surface area contributed by atoms with Crippen molar-refractivity contribution in [3.8, 4) is 0 Å². The summed E-state index contributed by atoms with van der Waals surface area (Å²) in [6.07, 6.45) is 9.43. The molecule has 0 aromatic heterocycles. The number of aliphatic imine (C=N–C) groups is 1. The Kier molecular flexibility index (Phi) is 9.21. The lowest BCUT2D eigenvalue weighted by molar-refractivity contribution is -0.172. The second-order valence-electron chi connectivity index (χ2n) is 13.9. The number of aliphatic hydroxyl groups excluding tert-OH is 2. The molecule has 222 valence electrons. The number of rotatable bonds is 10. The fourth-order valence-corrected chi connectivity index (χ4v) is 9.84. The summed E-state index contributed by atoms with van der Waals surface area (Å²) < 4.78 is 0. The van der Waals surface area contributed by atoms with E-state index in [1.165, 1.54) is 19.3 Å². The summed E-state index contributed by atoms with van der Waals surface area (Å²) in [6, 6.07) is -0.936. The Morgan fingerprint density at radius 3 is 2.36 bits per heavy atom. The minimum atomic E-state index is -1.04. The van der Waals surface area contributed by atoms with Crippen molar-refractivity contribution in [1.29, 1.82) is 0 Å². The van der Waals surface area contributed by atoms with E-state index in [4.69, 9.17) is 11.5 Å². The Hall–Kier alpha value is -1.87. The number of carbonyl (C=O) groups excluding carboxylic acids is 1. The van der Waals surface area contributed by atoms with Crippen molar-refractivity contribution in [3.63, 3.8) is 0 Å². The Labute approximate surface area is 233 Å². The van der Waals surface area contributed by atoms with Crippen LogP contribution in [-0.4, -0.2) is 58.0 Å². The molecule has 11 atom stereocenters. The summed E-state index contributed by atoms with van der Waals surface area (Å²) in [5.41, 5.74) is 11.0. The van der Waals surface area contributed by atoms with Crippen LogP contribution in [0, 0.1) is 46.3 Å². The highest BCUT2D eigenvalue weighted by atomic mass is 16.4. The van der Waals surface area contributed by atoms with Gasteiger partial charge < -0.3 is 32.1 Å². The molecule has 0 aromatic carbocycles. The van der Waals surface area contributed by atoms with Gasteiger partial charge in [-0.3, -0.25) is 9.79 Å². The van der Waals surface area contributed by atoms with Crippen LogP contribution in [0.2, 0.25) is 0 Å². The van der Waals surface area contributed by atoms with Crippen molar-refractivity contribution in [1.82, 2.24) is 5.32 Å². The van der Waals surface area contributed by atoms with Crippen molar-refractivity contribution >= 4 is 17.8 Å². The van der Waals surface area contributed by atoms with Crippen LogP contribution >= 0.6 is 0 Å². The third-order valence-corrected chi connectivity index (χ3v) is 11.8. The van der Waals surface area contributed by atoms with Crippen LogP contribution in [0.4, 0.5) is 0 Å². The zero-order valence-corrected chi connectivity index (χ0v) is 24.1. The van der Waals surface area contributed by atoms with Gasteiger partial charge in [0, 0.05) is 13.0 Å². The maximum atomic E-state index is 12.7. The first-order valence-electron chi connectivity index (χ1n) is 15.3. The van der Waals surface area contributed by atoms with Crippen LogP contribution in [0.25, 0.3) is 0 Å². The lowest BCUT2D eigenvalue weighted by atomic mass is 9.44. The third-order valence-electron chi connectivity index (χ3n) is 11.8. The van der Waals surface area contributed by atoms with Gasteiger partial charge in [-0.2, -0.15) is 0 Å². The van der Waals surface area contributed by atoms with E-state index in [1.807, 2.05) is 0 Å². The highest BCUT2D eigenvalue weighted by Crippen LogP contribution is 2.68. The Balaban J connectivity index is 1.33. The maximum Gasteiger partial charge on any atom is 0.326 e. The number of hydrogen-bond donors (Lipinski definition) is 6. The van der Waals surface area contributed by atoms with Gasteiger partial charge in [-0.25, -0.2) is 4.79 Å². The van der Waals surface area contributed by atoms with Gasteiger partial charge in [0.1, 0.15) is 6.04 Å². The van der Waals surface area contributed by atoms with Crippen molar-refractivity contribution in [2.24, 2.45) is 62.8 Å². The summed E-state index contributed by atoms with van der Waals surface area (Å²) >= 11 is 0. The number of aliphatic hydroxyl groups is 2. The fraction of sp³-hybridized carbons (Fsp3) is 0.900.